The van der Waals surface area contributed by atoms with Crippen molar-refractivity contribution in [2.45, 2.75) is 34.3 Å². The van der Waals surface area contributed by atoms with Crippen LogP contribution in [0, 0.1) is 20.8 Å². The third-order valence-electron chi connectivity index (χ3n) is 5.32. The van der Waals surface area contributed by atoms with Gasteiger partial charge in [-0.3, -0.25) is 9.59 Å². The van der Waals surface area contributed by atoms with E-state index in [1.165, 1.54) is 6.21 Å². The zero-order valence-corrected chi connectivity index (χ0v) is 21.7. The molecular weight excluding hydrogens is 510 g/mol. The van der Waals surface area contributed by atoms with E-state index in [-0.39, 0.29) is 0 Å². The number of hydrazone groups is 1. The molecule has 0 unspecified atom stereocenters. The van der Waals surface area contributed by atoms with Gasteiger partial charge in [0, 0.05) is 5.69 Å². The van der Waals surface area contributed by atoms with Gasteiger partial charge in [0.05, 0.1) is 17.3 Å². The molecule has 0 radical (unpaired) electrons. The molecule has 0 saturated heterocycles. The number of rotatable bonds is 8. The molecule has 182 valence electrons. The maximum absolute atomic E-state index is 12.2. The van der Waals surface area contributed by atoms with Crippen LogP contribution in [0.4, 0.5) is 5.69 Å². The fourth-order valence-electron chi connectivity index (χ4n) is 3.21. The predicted molar refractivity (Wildman–Crippen MR) is 141 cm³/mol. The maximum atomic E-state index is 12.2. The van der Waals surface area contributed by atoms with Crippen molar-refractivity contribution in [3.05, 3.63) is 86.9 Å². The molecule has 0 aliphatic heterocycles. The standard InChI is InChI=1S/C27H28BrN3O4/c1-5-34-24-14-20(13-23(28)25(24)35-16-21-9-7-6-8-18(21)3)15-29-31-27(33)26(32)30-22-11-10-17(2)19(4)12-22/h6-15H,5,16H2,1-4H3,(H,30,32)(H,31,33)/b29-15+. The number of benzene rings is 3. The highest BCUT2D eigenvalue weighted by Crippen LogP contribution is 2.37. The highest BCUT2D eigenvalue weighted by atomic mass is 79.9. The molecule has 0 saturated carbocycles. The van der Waals surface area contributed by atoms with E-state index in [2.05, 4.69) is 31.8 Å². The molecule has 0 aliphatic carbocycles. The molecule has 3 aromatic rings. The summed E-state index contributed by atoms with van der Waals surface area (Å²) in [5.74, 6) is -0.567. The molecule has 8 heteroatoms. The minimum Gasteiger partial charge on any atom is -0.490 e. The molecule has 3 aromatic carbocycles. The van der Waals surface area contributed by atoms with E-state index in [1.807, 2.05) is 58.0 Å². The van der Waals surface area contributed by atoms with Gasteiger partial charge in [-0.15, -0.1) is 0 Å². The van der Waals surface area contributed by atoms with Crippen LogP contribution < -0.4 is 20.2 Å². The number of aryl methyl sites for hydroxylation is 3. The second-order valence-corrected chi connectivity index (χ2v) is 8.78. The fraction of sp³-hybridized carbons (Fsp3) is 0.222. The summed E-state index contributed by atoms with van der Waals surface area (Å²) >= 11 is 3.53. The summed E-state index contributed by atoms with van der Waals surface area (Å²) in [4.78, 5) is 24.3. The number of ether oxygens (including phenoxy) is 2. The van der Waals surface area contributed by atoms with E-state index in [0.717, 1.165) is 22.3 Å². The highest BCUT2D eigenvalue weighted by Gasteiger charge is 2.15. The lowest BCUT2D eigenvalue weighted by Gasteiger charge is -2.15. The molecule has 0 atom stereocenters. The van der Waals surface area contributed by atoms with Gasteiger partial charge in [-0.05, 0) is 95.7 Å². The molecule has 0 aliphatic rings. The molecule has 0 spiro atoms. The lowest BCUT2D eigenvalue weighted by atomic mass is 10.1. The largest absolute Gasteiger partial charge is 0.490 e. The quantitative estimate of drug-likeness (QED) is 0.227. The van der Waals surface area contributed by atoms with E-state index >= 15 is 0 Å². The van der Waals surface area contributed by atoms with Crippen LogP contribution in [-0.4, -0.2) is 24.6 Å². The summed E-state index contributed by atoms with van der Waals surface area (Å²) in [5, 5.41) is 6.47. The van der Waals surface area contributed by atoms with Crippen molar-refractivity contribution in [1.29, 1.82) is 0 Å². The first-order valence-electron chi connectivity index (χ1n) is 11.1. The van der Waals surface area contributed by atoms with Crippen molar-refractivity contribution in [3.8, 4) is 11.5 Å². The number of carbonyl (C=O) groups is 2. The number of anilines is 1. The molecule has 0 heterocycles. The minimum atomic E-state index is -0.873. The van der Waals surface area contributed by atoms with Crippen LogP contribution in [0.25, 0.3) is 0 Å². The number of halogens is 1. The van der Waals surface area contributed by atoms with Gasteiger partial charge in [-0.2, -0.15) is 5.10 Å². The van der Waals surface area contributed by atoms with Crippen LogP contribution in [0.2, 0.25) is 0 Å². The Hall–Kier alpha value is -3.65. The Morgan fingerprint density at radius 2 is 1.71 bits per heavy atom. The van der Waals surface area contributed by atoms with Gasteiger partial charge in [-0.1, -0.05) is 30.3 Å². The Kier molecular flexibility index (Phi) is 9.03. The highest BCUT2D eigenvalue weighted by molar-refractivity contribution is 9.10. The third kappa shape index (κ3) is 7.16. The van der Waals surface area contributed by atoms with Crippen molar-refractivity contribution in [2.24, 2.45) is 5.10 Å². The van der Waals surface area contributed by atoms with Gasteiger partial charge in [0.1, 0.15) is 6.61 Å². The van der Waals surface area contributed by atoms with Crippen LogP contribution in [-0.2, 0) is 16.2 Å². The molecule has 35 heavy (non-hydrogen) atoms. The van der Waals surface area contributed by atoms with Crippen molar-refractivity contribution in [2.75, 3.05) is 11.9 Å². The number of nitrogens with one attached hydrogen (secondary N) is 2. The summed E-state index contributed by atoms with van der Waals surface area (Å²) < 4.78 is 12.5. The SMILES string of the molecule is CCOc1cc(/C=N/NC(=O)C(=O)Nc2ccc(C)c(C)c2)cc(Br)c1OCc1ccccc1C. The first kappa shape index (κ1) is 26.0. The Balaban J connectivity index is 1.66. The van der Waals surface area contributed by atoms with Gasteiger partial charge >= 0.3 is 11.8 Å². The molecule has 0 fully saturated rings. The van der Waals surface area contributed by atoms with Crippen molar-refractivity contribution >= 4 is 39.6 Å². The van der Waals surface area contributed by atoms with E-state index in [1.54, 1.807) is 24.3 Å². The van der Waals surface area contributed by atoms with Crippen LogP contribution in [0.5, 0.6) is 11.5 Å². The van der Waals surface area contributed by atoms with Crippen LogP contribution >= 0.6 is 15.9 Å². The second-order valence-electron chi connectivity index (χ2n) is 7.93. The maximum Gasteiger partial charge on any atom is 0.329 e. The van der Waals surface area contributed by atoms with Crippen LogP contribution in [0.3, 0.4) is 0 Å². The number of amides is 2. The predicted octanol–water partition coefficient (Wildman–Crippen LogP) is 5.44. The van der Waals surface area contributed by atoms with Crippen LogP contribution in [0.1, 0.15) is 34.7 Å². The Labute approximate surface area is 213 Å². The average Bonchev–Trinajstić information content (AvgIpc) is 2.82. The normalized spacial score (nSPS) is 10.8. The zero-order chi connectivity index (χ0) is 25.4. The fourth-order valence-corrected chi connectivity index (χ4v) is 3.78. The summed E-state index contributed by atoms with van der Waals surface area (Å²) in [6.45, 7) is 8.67. The number of carbonyl (C=O) groups excluding carboxylic acids is 2. The van der Waals surface area contributed by atoms with Gasteiger partial charge in [0.25, 0.3) is 0 Å². The van der Waals surface area contributed by atoms with E-state index in [0.29, 0.717) is 40.4 Å². The zero-order valence-electron chi connectivity index (χ0n) is 20.1. The lowest BCUT2D eigenvalue weighted by molar-refractivity contribution is -0.136. The smallest absolute Gasteiger partial charge is 0.329 e. The van der Waals surface area contributed by atoms with Crippen LogP contribution in [0.15, 0.2) is 64.2 Å². The minimum absolute atomic E-state index is 0.393. The van der Waals surface area contributed by atoms with Gasteiger partial charge < -0.3 is 14.8 Å². The van der Waals surface area contributed by atoms with E-state index < -0.39 is 11.8 Å². The third-order valence-corrected chi connectivity index (χ3v) is 5.90. The molecule has 2 N–H and O–H groups in total. The first-order chi connectivity index (χ1) is 16.8. The molecule has 0 bridgehead atoms. The summed E-state index contributed by atoms with van der Waals surface area (Å²) in [7, 11) is 0. The van der Waals surface area contributed by atoms with E-state index in [9.17, 15) is 9.59 Å². The van der Waals surface area contributed by atoms with Gasteiger partial charge in [0.15, 0.2) is 11.5 Å². The Bertz CT molecular complexity index is 1260. The monoisotopic (exact) mass is 537 g/mol. The number of nitrogens with zero attached hydrogens (tertiary/aromatic N) is 1. The number of hydrogen-bond acceptors (Lipinski definition) is 5. The summed E-state index contributed by atoms with van der Waals surface area (Å²) in [6, 6.07) is 17.0. The Morgan fingerprint density at radius 1 is 0.943 bits per heavy atom. The second kappa shape index (κ2) is 12.2. The van der Waals surface area contributed by atoms with Gasteiger partial charge in [-0.25, -0.2) is 5.43 Å². The van der Waals surface area contributed by atoms with Gasteiger partial charge in [0.2, 0.25) is 0 Å². The molecular formula is C27H28BrN3O4. The summed E-state index contributed by atoms with van der Waals surface area (Å²) in [5.41, 5.74) is 7.78. The topological polar surface area (TPSA) is 89.0 Å². The molecule has 2 amide bonds. The molecule has 0 aromatic heterocycles. The first-order valence-corrected chi connectivity index (χ1v) is 11.9. The lowest BCUT2D eigenvalue weighted by Crippen LogP contribution is -2.32. The van der Waals surface area contributed by atoms with E-state index in [4.69, 9.17) is 9.47 Å². The van der Waals surface area contributed by atoms with Crippen molar-refractivity contribution in [3.63, 3.8) is 0 Å². The summed E-state index contributed by atoms with van der Waals surface area (Å²) in [6.07, 6.45) is 1.43. The van der Waals surface area contributed by atoms with Crippen molar-refractivity contribution < 1.29 is 19.1 Å². The average molecular weight is 538 g/mol. The molecule has 7 nitrogen and oxygen atoms in total. The molecule has 3 rings (SSSR count). The number of hydrogen-bond donors (Lipinski definition) is 2. The van der Waals surface area contributed by atoms with Crippen molar-refractivity contribution in [1.82, 2.24) is 5.43 Å². The Morgan fingerprint density at radius 3 is 2.43 bits per heavy atom.